The summed E-state index contributed by atoms with van der Waals surface area (Å²) in [4.78, 5) is 24.2. The summed E-state index contributed by atoms with van der Waals surface area (Å²) >= 11 is 11.7. The molecular formula is C14H16Cl2N2O5S. The maximum atomic E-state index is 12.3. The van der Waals surface area contributed by atoms with Gasteiger partial charge in [0.15, 0.2) is 0 Å². The molecule has 132 valence electrons. The Morgan fingerprint density at radius 3 is 2.50 bits per heavy atom. The highest BCUT2D eigenvalue weighted by atomic mass is 35.5. The lowest BCUT2D eigenvalue weighted by atomic mass is 10.2. The van der Waals surface area contributed by atoms with Crippen molar-refractivity contribution in [1.82, 2.24) is 9.62 Å². The van der Waals surface area contributed by atoms with Crippen LogP contribution in [0.4, 0.5) is 0 Å². The van der Waals surface area contributed by atoms with E-state index in [9.17, 15) is 18.0 Å². The van der Waals surface area contributed by atoms with Crippen molar-refractivity contribution in [3.05, 3.63) is 28.2 Å². The lowest BCUT2D eigenvalue weighted by molar-refractivity contribution is -0.148. The van der Waals surface area contributed by atoms with Crippen molar-refractivity contribution in [3.63, 3.8) is 0 Å². The molecule has 1 amide bonds. The normalized spacial score (nSPS) is 17.9. The van der Waals surface area contributed by atoms with Crippen LogP contribution in [0.2, 0.25) is 10.0 Å². The summed E-state index contributed by atoms with van der Waals surface area (Å²) in [6, 6.07) is 3.48. The zero-order valence-corrected chi connectivity index (χ0v) is 14.9. The molecule has 0 bridgehead atoms. The van der Waals surface area contributed by atoms with Crippen LogP contribution in [-0.2, 0) is 19.6 Å². The molecule has 0 saturated carbocycles. The van der Waals surface area contributed by atoms with Crippen molar-refractivity contribution in [1.29, 1.82) is 0 Å². The third-order valence-corrected chi connectivity index (χ3v) is 6.09. The second-order valence-electron chi connectivity index (χ2n) is 5.28. The number of halogens is 2. The largest absolute Gasteiger partial charge is 0.480 e. The molecule has 2 rings (SSSR count). The number of nitrogens with one attached hydrogen (secondary N) is 1. The van der Waals surface area contributed by atoms with Gasteiger partial charge in [0.1, 0.15) is 10.9 Å². The number of hydrogen-bond acceptors (Lipinski definition) is 4. The number of carbonyl (C=O) groups excluding carboxylic acids is 1. The first-order valence-corrected chi connectivity index (χ1v) is 9.44. The van der Waals surface area contributed by atoms with E-state index in [2.05, 4.69) is 4.72 Å². The Hall–Kier alpha value is -1.35. The summed E-state index contributed by atoms with van der Waals surface area (Å²) in [7, 11) is -3.97. The highest BCUT2D eigenvalue weighted by Crippen LogP contribution is 2.28. The molecule has 1 atom stereocenters. The number of hydrogen-bond donors (Lipinski definition) is 2. The van der Waals surface area contributed by atoms with Crippen LogP contribution in [-0.4, -0.2) is 49.4 Å². The molecule has 10 heteroatoms. The number of benzene rings is 1. The minimum atomic E-state index is -3.97. The molecule has 0 aromatic heterocycles. The lowest BCUT2D eigenvalue weighted by Crippen LogP contribution is -2.41. The molecule has 24 heavy (non-hydrogen) atoms. The van der Waals surface area contributed by atoms with Crippen LogP contribution in [0, 0.1) is 0 Å². The maximum absolute atomic E-state index is 12.3. The van der Waals surface area contributed by atoms with Gasteiger partial charge in [0, 0.05) is 19.5 Å². The molecule has 1 heterocycles. The predicted octanol–water partition coefficient (Wildman–Crippen LogP) is 1.74. The molecule has 0 aliphatic carbocycles. The average Bonchev–Trinajstić information content (AvgIpc) is 2.96. The van der Waals surface area contributed by atoms with Crippen LogP contribution < -0.4 is 4.72 Å². The summed E-state index contributed by atoms with van der Waals surface area (Å²) in [6.07, 6.45) is 0.872. The Morgan fingerprint density at radius 2 is 1.92 bits per heavy atom. The van der Waals surface area contributed by atoms with E-state index in [0.29, 0.717) is 19.4 Å². The number of amides is 1. The van der Waals surface area contributed by atoms with E-state index in [1.807, 2.05) is 0 Å². The molecule has 0 radical (unpaired) electrons. The fourth-order valence-electron chi connectivity index (χ4n) is 2.57. The van der Waals surface area contributed by atoms with E-state index < -0.39 is 27.9 Å². The standard InChI is InChI=1S/C14H16Cl2N2O5S/c15-9-3-1-4-10(16)13(9)24(22,23)17-7-6-12(19)18-8-2-5-11(18)14(20)21/h1,3-4,11,17H,2,5-8H2,(H,20,21). The summed E-state index contributed by atoms with van der Waals surface area (Å²) in [6.45, 7) is 0.185. The number of likely N-dealkylation sites (tertiary alicyclic amines) is 1. The van der Waals surface area contributed by atoms with Crippen LogP contribution in [0.3, 0.4) is 0 Å². The summed E-state index contributed by atoms with van der Waals surface area (Å²) in [5, 5.41) is 9.02. The number of carbonyl (C=O) groups is 2. The highest BCUT2D eigenvalue weighted by molar-refractivity contribution is 7.89. The molecule has 1 unspecified atom stereocenters. The van der Waals surface area contributed by atoms with Gasteiger partial charge in [0.05, 0.1) is 10.0 Å². The van der Waals surface area contributed by atoms with E-state index in [4.69, 9.17) is 28.3 Å². The first kappa shape index (κ1) is 19.0. The summed E-state index contributed by atoms with van der Waals surface area (Å²) in [5.41, 5.74) is 0. The van der Waals surface area contributed by atoms with Gasteiger partial charge in [-0.25, -0.2) is 17.9 Å². The van der Waals surface area contributed by atoms with E-state index in [1.165, 1.54) is 23.1 Å². The van der Waals surface area contributed by atoms with Gasteiger partial charge in [-0.1, -0.05) is 29.3 Å². The minimum absolute atomic E-state index is 0.0215. The molecule has 0 spiro atoms. The number of carboxylic acid groups (broad SMARTS) is 1. The van der Waals surface area contributed by atoms with Crippen molar-refractivity contribution >= 4 is 45.1 Å². The lowest BCUT2D eigenvalue weighted by Gasteiger charge is -2.21. The second-order valence-corrected chi connectivity index (χ2v) is 7.80. The highest BCUT2D eigenvalue weighted by Gasteiger charge is 2.33. The van der Waals surface area contributed by atoms with Crippen molar-refractivity contribution in [2.45, 2.75) is 30.2 Å². The quantitative estimate of drug-likeness (QED) is 0.764. The number of sulfonamides is 1. The molecule has 1 fully saturated rings. The number of carboxylic acids is 1. The van der Waals surface area contributed by atoms with Crippen molar-refractivity contribution in [2.24, 2.45) is 0 Å². The van der Waals surface area contributed by atoms with E-state index in [-0.39, 0.29) is 27.9 Å². The molecule has 7 nitrogen and oxygen atoms in total. The van der Waals surface area contributed by atoms with E-state index in [0.717, 1.165) is 0 Å². The Bertz CT molecular complexity index is 733. The van der Waals surface area contributed by atoms with Gasteiger partial charge in [0.2, 0.25) is 15.9 Å². The summed E-state index contributed by atoms with van der Waals surface area (Å²) in [5.74, 6) is -1.46. The predicted molar refractivity (Wildman–Crippen MR) is 88.6 cm³/mol. The molecule has 1 aliphatic rings. The van der Waals surface area contributed by atoms with Crippen LogP contribution in [0.1, 0.15) is 19.3 Å². The molecule has 1 saturated heterocycles. The van der Waals surface area contributed by atoms with Gasteiger partial charge in [-0.2, -0.15) is 0 Å². The first-order valence-electron chi connectivity index (χ1n) is 7.20. The van der Waals surface area contributed by atoms with Gasteiger partial charge < -0.3 is 10.0 Å². The number of aliphatic carboxylic acids is 1. The minimum Gasteiger partial charge on any atom is -0.480 e. The third kappa shape index (κ3) is 4.18. The van der Waals surface area contributed by atoms with Crippen molar-refractivity contribution in [2.75, 3.05) is 13.1 Å². The molecule has 1 aliphatic heterocycles. The van der Waals surface area contributed by atoms with Crippen LogP contribution in [0.15, 0.2) is 23.1 Å². The zero-order valence-electron chi connectivity index (χ0n) is 12.5. The van der Waals surface area contributed by atoms with Crippen molar-refractivity contribution in [3.8, 4) is 0 Å². The zero-order chi connectivity index (χ0) is 17.9. The topological polar surface area (TPSA) is 104 Å². The average molecular weight is 395 g/mol. The fraction of sp³-hybridized carbons (Fsp3) is 0.429. The Balaban J connectivity index is 1.98. The van der Waals surface area contributed by atoms with E-state index in [1.54, 1.807) is 0 Å². The molecule has 1 aromatic rings. The number of nitrogens with zero attached hydrogens (tertiary/aromatic N) is 1. The summed E-state index contributed by atoms with van der Waals surface area (Å²) < 4.78 is 26.8. The first-order chi connectivity index (χ1) is 11.2. The van der Waals surface area contributed by atoms with Gasteiger partial charge in [0.25, 0.3) is 0 Å². The monoisotopic (exact) mass is 394 g/mol. The Morgan fingerprint density at radius 1 is 1.29 bits per heavy atom. The second kappa shape index (κ2) is 7.69. The molecule has 2 N–H and O–H groups in total. The van der Waals surface area contributed by atoms with Crippen molar-refractivity contribution < 1.29 is 23.1 Å². The van der Waals surface area contributed by atoms with Crippen LogP contribution in [0.25, 0.3) is 0 Å². The van der Waals surface area contributed by atoms with Crippen LogP contribution in [0.5, 0.6) is 0 Å². The van der Waals surface area contributed by atoms with Gasteiger partial charge in [-0.3, -0.25) is 4.79 Å². The van der Waals surface area contributed by atoms with Gasteiger partial charge in [-0.15, -0.1) is 0 Å². The Labute approximate surface area is 149 Å². The smallest absolute Gasteiger partial charge is 0.326 e. The maximum Gasteiger partial charge on any atom is 0.326 e. The Kier molecular flexibility index (Phi) is 6.08. The third-order valence-electron chi connectivity index (χ3n) is 3.68. The molecular weight excluding hydrogens is 379 g/mol. The molecule has 1 aromatic carbocycles. The van der Waals surface area contributed by atoms with Gasteiger partial charge in [-0.05, 0) is 25.0 Å². The SMILES string of the molecule is O=C(O)C1CCCN1C(=O)CCNS(=O)(=O)c1c(Cl)cccc1Cl. The van der Waals surface area contributed by atoms with Crippen LogP contribution >= 0.6 is 23.2 Å². The van der Waals surface area contributed by atoms with Gasteiger partial charge >= 0.3 is 5.97 Å². The fourth-order valence-corrected chi connectivity index (χ4v) is 4.74. The van der Waals surface area contributed by atoms with E-state index >= 15 is 0 Å². The number of rotatable bonds is 6.